The van der Waals surface area contributed by atoms with Gasteiger partial charge < -0.3 is 10.6 Å². The van der Waals surface area contributed by atoms with Crippen LogP contribution in [0.15, 0.2) is 60.5 Å². The van der Waals surface area contributed by atoms with Gasteiger partial charge in [-0.3, -0.25) is 0 Å². The van der Waals surface area contributed by atoms with Gasteiger partial charge in [-0.2, -0.15) is 0 Å². The van der Waals surface area contributed by atoms with Crippen LogP contribution in [0.25, 0.3) is 0 Å². The van der Waals surface area contributed by atoms with Crippen molar-refractivity contribution in [2.75, 3.05) is 0 Å². The molecule has 2 nitrogen and oxygen atoms in total. The van der Waals surface area contributed by atoms with E-state index in [4.69, 9.17) is 0 Å². The van der Waals surface area contributed by atoms with Crippen molar-refractivity contribution in [1.29, 1.82) is 0 Å². The summed E-state index contributed by atoms with van der Waals surface area (Å²) in [6, 6.07) is 0.848. The molecule has 2 rings (SSSR count). The highest BCUT2D eigenvalue weighted by molar-refractivity contribution is 5.27. The zero-order valence-electron chi connectivity index (χ0n) is 17.2. The van der Waals surface area contributed by atoms with Gasteiger partial charge in [-0.15, -0.1) is 6.58 Å². The average Bonchev–Trinajstić information content (AvgIpc) is 2.56. The second-order valence-corrected chi connectivity index (χ2v) is 8.57. The first-order valence-electron chi connectivity index (χ1n) is 10.3. The molecule has 2 bridgehead atoms. The molecule has 0 radical (unpaired) electrons. The Morgan fingerprint density at radius 3 is 2.65 bits per heavy atom. The summed E-state index contributed by atoms with van der Waals surface area (Å²) in [7, 11) is 0. The van der Waals surface area contributed by atoms with Crippen molar-refractivity contribution in [2.24, 2.45) is 17.8 Å². The Balaban J connectivity index is 1.89. The number of rotatable bonds is 9. The van der Waals surface area contributed by atoms with E-state index in [9.17, 15) is 0 Å². The molecular formula is C24H38N2. The van der Waals surface area contributed by atoms with E-state index in [0.717, 1.165) is 31.5 Å². The number of fused-ring (bicyclic) bond motifs is 1. The lowest BCUT2D eigenvalue weighted by molar-refractivity contribution is 0.321. The van der Waals surface area contributed by atoms with Crippen LogP contribution in [-0.4, -0.2) is 12.1 Å². The molecule has 4 atom stereocenters. The van der Waals surface area contributed by atoms with Gasteiger partial charge in [0.05, 0.1) is 5.82 Å². The Morgan fingerprint density at radius 2 is 1.96 bits per heavy atom. The highest BCUT2D eigenvalue weighted by Crippen LogP contribution is 2.33. The summed E-state index contributed by atoms with van der Waals surface area (Å²) in [5.74, 6) is 2.76. The lowest BCUT2D eigenvalue weighted by Gasteiger charge is -2.34. The highest BCUT2D eigenvalue weighted by atomic mass is 15.1. The number of hydrogen-bond donors (Lipinski definition) is 2. The molecule has 0 aromatic heterocycles. The van der Waals surface area contributed by atoms with E-state index in [0.29, 0.717) is 29.8 Å². The molecule has 0 saturated heterocycles. The van der Waals surface area contributed by atoms with E-state index in [2.05, 4.69) is 81.9 Å². The van der Waals surface area contributed by atoms with Crippen molar-refractivity contribution >= 4 is 0 Å². The quantitative estimate of drug-likeness (QED) is 0.506. The van der Waals surface area contributed by atoms with Crippen molar-refractivity contribution in [2.45, 2.75) is 71.9 Å². The van der Waals surface area contributed by atoms with E-state index in [1.165, 1.54) is 17.6 Å². The Kier molecular flexibility index (Phi) is 7.81. The van der Waals surface area contributed by atoms with Gasteiger partial charge in [-0.25, -0.2) is 0 Å². The summed E-state index contributed by atoms with van der Waals surface area (Å²) in [5.41, 5.74) is 2.74. The number of allylic oxidation sites excluding steroid dienone is 7. The Bertz CT molecular complexity index is 579. The fourth-order valence-electron chi connectivity index (χ4n) is 3.97. The minimum absolute atomic E-state index is 0.413. The van der Waals surface area contributed by atoms with Gasteiger partial charge in [0.25, 0.3) is 0 Å². The maximum Gasteiger partial charge on any atom is 0.0916 e. The third-order valence-corrected chi connectivity index (χ3v) is 5.64. The minimum Gasteiger partial charge on any atom is -0.370 e. The van der Waals surface area contributed by atoms with E-state index in [-0.39, 0.29) is 0 Å². The molecular weight excluding hydrogens is 316 g/mol. The van der Waals surface area contributed by atoms with Crippen molar-refractivity contribution in [3.63, 3.8) is 0 Å². The molecule has 4 unspecified atom stereocenters. The third kappa shape index (κ3) is 6.55. The van der Waals surface area contributed by atoms with Crippen LogP contribution in [0.1, 0.15) is 59.8 Å². The average molecular weight is 355 g/mol. The molecule has 26 heavy (non-hydrogen) atoms. The van der Waals surface area contributed by atoms with Gasteiger partial charge in [0.1, 0.15) is 0 Å². The van der Waals surface area contributed by atoms with Gasteiger partial charge in [-0.05, 0) is 63.7 Å². The van der Waals surface area contributed by atoms with Gasteiger partial charge in [0, 0.05) is 12.1 Å². The number of nitrogens with one attached hydrogen (secondary N) is 2. The summed E-state index contributed by atoms with van der Waals surface area (Å²) in [6.45, 7) is 17.2. The van der Waals surface area contributed by atoms with Crippen LogP contribution >= 0.6 is 0 Å². The van der Waals surface area contributed by atoms with Crippen molar-refractivity contribution < 1.29 is 0 Å². The smallest absolute Gasteiger partial charge is 0.0916 e. The molecule has 2 N–H and O–H groups in total. The first kappa shape index (κ1) is 20.6. The van der Waals surface area contributed by atoms with Crippen LogP contribution in [-0.2, 0) is 0 Å². The van der Waals surface area contributed by atoms with Gasteiger partial charge in [0.15, 0.2) is 0 Å². The minimum atomic E-state index is 0.413. The summed E-state index contributed by atoms with van der Waals surface area (Å²) >= 11 is 0. The molecule has 144 valence electrons. The largest absolute Gasteiger partial charge is 0.370 e. The zero-order chi connectivity index (χ0) is 19.1. The van der Waals surface area contributed by atoms with E-state index < -0.39 is 0 Å². The van der Waals surface area contributed by atoms with Gasteiger partial charge >= 0.3 is 0 Å². The summed E-state index contributed by atoms with van der Waals surface area (Å²) < 4.78 is 0. The van der Waals surface area contributed by atoms with Crippen LogP contribution in [0.2, 0.25) is 0 Å². The lowest BCUT2D eigenvalue weighted by atomic mass is 9.78. The second kappa shape index (κ2) is 9.85. The Morgan fingerprint density at radius 1 is 1.19 bits per heavy atom. The van der Waals surface area contributed by atoms with E-state index >= 15 is 0 Å². The van der Waals surface area contributed by atoms with Crippen LogP contribution in [0.5, 0.6) is 0 Å². The fourth-order valence-corrected chi connectivity index (χ4v) is 3.97. The topological polar surface area (TPSA) is 24.1 Å². The summed E-state index contributed by atoms with van der Waals surface area (Å²) in [6.07, 6.45) is 17.3. The summed E-state index contributed by atoms with van der Waals surface area (Å²) in [5, 5.41) is 7.27. The zero-order valence-corrected chi connectivity index (χ0v) is 17.2. The molecule has 0 aliphatic heterocycles. The van der Waals surface area contributed by atoms with Crippen LogP contribution < -0.4 is 10.6 Å². The van der Waals surface area contributed by atoms with Crippen LogP contribution in [0.4, 0.5) is 0 Å². The molecule has 2 heteroatoms. The standard InChI is InChI=1S/C24H38N2/c1-17(2)12-13-24(18(3)4)26-20(6)25-19(5)23-15-21-10-8-7-9-11-22(14-21)16-23/h8-11,14,18-19,21,23-26H,1,6-7,12-13,15-16H2,2-5H3/b10-8-,11-9-. The molecule has 0 aromatic carbocycles. The van der Waals surface area contributed by atoms with E-state index in [1.807, 2.05) is 0 Å². The van der Waals surface area contributed by atoms with Gasteiger partial charge in [-0.1, -0.05) is 62.0 Å². The molecule has 0 amide bonds. The highest BCUT2D eigenvalue weighted by Gasteiger charge is 2.26. The molecule has 0 spiro atoms. The predicted octanol–water partition coefficient (Wildman–Crippen LogP) is 5.87. The predicted molar refractivity (Wildman–Crippen MR) is 115 cm³/mol. The van der Waals surface area contributed by atoms with Crippen molar-refractivity contribution in [3.8, 4) is 0 Å². The van der Waals surface area contributed by atoms with Crippen LogP contribution in [0.3, 0.4) is 0 Å². The normalized spacial score (nSPS) is 26.7. The molecule has 0 aromatic rings. The molecule has 0 heterocycles. The van der Waals surface area contributed by atoms with Crippen molar-refractivity contribution in [1.82, 2.24) is 10.6 Å². The SMILES string of the molecule is C=C(C)CCC(NC(=C)NC(C)C1CC2=CC(/C=C\C/C=C\2)C1)C(C)C. The first-order valence-corrected chi connectivity index (χ1v) is 10.3. The lowest BCUT2D eigenvalue weighted by Crippen LogP contribution is -2.43. The Labute approximate surface area is 161 Å². The summed E-state index contributed by atoms with van der Waals surface area (Å²) in [4.78, 5) is 0. The monoisotopic (exact) mass is 354 g/mol. The molecule has 2 aliphatic rings. The second-order valence-electron chi connectivity index (χ2n) is 8.57. The maximum absolute atomic E-state index is 4.26. The first-order chi connectivity index (χ1) is 12.3. The number of hydrogen-bond acceptors (Lipinski definition) is 2. The van der Waals surface area contributed by atoms with Crippen molar-refractivity contribution in [3.05, 3.63) is 60.5 Å². The Hall–Kier alpha value is -1.70. The maximum atomic E-state index is 4.26. The third-order valence-electron chi connectivity index (χ3n) is 5.64. The van der Waals surface area contributed by atoms with Gasteiger partial charge in [0.2, 0.25) is 0 Å². The molecule has 0 saturated carbocycles. The van der Waals surface area contributed by atoms with E-state index in [1.54, 1.807) is 0 Å². The van der Waals surface area contributed by atoms with Crippen LogP contribution in [0, 0.1) is 17.8 Å². The molecule has 0 fully saturated rings. The fraction of sp³-hybridized carbons (Fsp3) is 0.583. The molecule has 2 aliphatic carbocycles.